The van der Waals surface area contributed by atoms with Gasteiger partial charge in [-0.25, -0.2) is 0 Å². The van der Waals surface area contributed by atoms with E-state index in [0.29, 0.717) is 21.6 Å². The summed E-state index contributed by atoms with van der Waals surface area (Å²) in [4.78, 5) is 14.5. The molecular formula is C16H17BrClNO2. The molecule has 0 unspecified atom stereocenters. The topological polar surface area (TPSA) is 33.5 Å². The number of halogens is 2. The summed E-state index contributed by atoms with van der Waals surface area (Å²) in [7, 11) is 0. The van der Waals surface area contributed by atoms with Gasteiger partial charge in [0.2, 0.25) is 0 Å². The van der Waals surface area contributed by atoms with Gasteiger partial charge in [0.05, 0.1) is 11.6 Å². The molecule has 2 rings (SSSR count). The fourth-order valence-electron chi connectivity index (χ4n) is 2.02. The van der Waals surface area contributed by atoms with E-state index in [4.69, 9.17) is 16.0 Å². The van der Waals surface area contributed by atoms with Gasteiger partial charge in [-0.05, 0) is 67.0 Å². The van der Waals surface area contributed by atoms with Crippen LogP contribution in [-0.2, 0) is 6.54 Å². The van der Waals surface area contributed by atoms with Gasteiger partial charge in [0.1, 0.15) is 11.5 Å². The predicted octanol–water partition coefficient (Wildman–Crippen LogP) is 5.05. The third-order valence-corrected chi connectivity index (χ3v) is 4.39. The smallest absolute Gasteiger partial charge is 0.254 e. The summed E-state index contributed by atoms with van der Waals surface area (Å²) in [6.45, 7) is 6.31. The molecule has 0 aliphatic carbocycles. The number of hydrogen-bond acceptors (Lipinski definition) is 2. The molecule has 112 valence electrons. The molecule has 0 aliphatic heterocycles. The molecule has 5 heteroatoms. The molecule has 0 saturated carbocycles. The molecule has 1 amide bonds. The van der Waals surface area contributed by atoms with Crippen molar-refractivity contribution in [1.82, 2.24) is 4.90 Å². The summed E-state index contributed by atoms with van der Waals surface area (Å²) < 4.78 is 6.28. The maximum absolute atomic E-state index is 12.7. The average Bonchev–Trinajstić information content (AvgIpc) is 2.83. The molecule has 1 heterocycles. The summed E-state index contributed by atoms with van der Waals surface area (Å²) in [6, 6.07) is 9.06. The van der Waals surface area contributed by atoms with Crippen LogP contribution in [0.4, 0.5) is 0 Å². The van der Waals surface area contributed by atoms with E-state index in [1.807, 2.05) is 32.9 Å². The monoisotopic (exact) mass is 369 g/mol. The molecule has 0 aliphatic rings. The number of aryl methyl sites for hydroxylation is 1. The standard InChI is InChI=1S/C16H17BrClNO2/c1-10(2)19(9-13-6-4-11(3)21-13)16(20)12-5-7-15(18)14(17)8-12/h4-8,10H,9H2,1-3H3. The first kappa shape index (κ1) is 16.1. The minimum Gasteiger partial charge on any atom is -0.464 e. The Bertz CT molecular complexity index is 651. The number of hydrogen-bond donors (Lipinski definition) is 0. The number of amides is 1. The van der Waals surface area contributed by atoms with E-state index in [1.165, 1.54) is 0 Å². The molecule has 0 spiro atoms. The molecule has 1 aromatic carbocycles. The van der Waals surface area contributed by atoms with Crippen LogP contribution >= 0.6 is 27.5 Å². The number of furan rings is 1. The third kappa shape index (κ3) is 3.89. The second kappa shape index (κ2) is 6.67. The normalized spacial score (nSPS) is 11.0. The summed E-state index contributed by atoms with van der Waals surface area (Å²) in [6.07, 6.45) is 0. The van der Waals surface area contributed by atoms with Gasteiger partial charge < -0.3 is 9.32 Å². The van der Waals surface area contributed by atoms with E-state index in [0.717, 1.165) is 11.5 Å². The Kier molecular flexibility index (Phi) is 5.12. The van der Waals surface area contributed by atoms with Crippen LogP contribution in [-0.4, -0.2) is 16.8 Å². The molecular weight excluding hydrogens is 354 g/mol. The Hall–Kier alpha value is -1.26. The molecule has 0 bridgehead atoms. The Labute approximate surface area is 138 Å². The van der Waals surface area contributed by atoms with Crippen LogP contribution in [0.2, 0.25) is 5.02 Å². The molecule has 2 aromatic rings. The predicted molar refractivity (Wildman–Crippen MR) is 87.6 cm³/mol. The van der Waals surface area contributed by atoms with Crippen molar-refractivity contribution in [2.45, 2.75) is 33.4 Å². The van der Waals surface area contributed by atoms with Crippen molar-refractivity contribution in [2.24, 2.45) is 0 Å². The Morgan fingerprint density at radius 3 is 2.57 bits per heavy atom. The average molecular weight is 371 g/mol. The van der Waals surface area contributed by atoms with E-state index in [2.05, 4.69) is 15.9 Å². The maximum atomic E-state index is 12.7. The Morgan fingerprint density at radius 1 is 1.33 bits per heavy atom. The molecule has 0 fully saturated rings. The minimum absolute atomic E-state index is 0.0450. The number of rotatable bonds is 4. The van der Waals surface area contributed by atoms with Crippen molar-refractivity contribution in [3.8, 4) is 0 Å². The highest BCUT2D eigenvalue weighted by atomic mass is 79.9. The zero-order valence-corrected chi connectivity index (χ0v) is 14.5. The van der Waals surface area contributed by atoms with Crippen LogP contribution in [0.25, 0.3) is 0 Å². The first-order chi connectivity index (χ1) is 9.88. The van der Waals surface area contributed by atoms with Gasteiger partial charge in [-0.1, -0.05) is 11.6 Å². The minimum atomic E-state index is -0.0450. The first-order valence-electron chi connectivity index (χ1n) is 6.70. The number of carbonyl (C=O) groups is 1. The summed E-state index contributed by atoms with van der Waals surface area (Å²) in [5, 5.41) is 0.587. The van der Waals surface area contributed by atoms with Crippen molar-refractivity contribution < 1.29 is 9.21 Å². The second-order valence-corrected chi connectivity index (χ2v) is 6.43. The molecule has 3 nitrogen and oxygen atoms in total. The van der Waals surface area contributed by atoms with Gasteiger partial charge in [-0.15, -0.1) is 0 Å². The second-order valence-electron chi connectivity index (χ2n) is 5.17. The summed E-state index contributed by atoms with van der Waals surface area (Å²) >= 11 is 9.32. The molecule has 0 N–H and O–H groups in total. The number of nitrogens with zero attached hydrogens (tertiary/aromatic N) is 1. The van der Waals surface area contributed by atoms with Gasteiger partial charge >= 0.3 is 0 Å². The SMILES string of the molecule is Cc1ccc(CN(C(=O)c2ccc(Cl)c(Br)c2)C(C)C)o1. The van der Waals surface area contributed by atoms with E-state index in [1.54, 1.807) is 23.1 Å². The van der Waals surface area contributed by atoms with Crippen molar-refractivity contribution in [2.75, 3.05) is 0 Å². The fourth-order valence-corrected chi connectivity index (χ4v) is 2.52. The molecule has 21 heavy (non-hydrogen) atoms. The van der Waals surface area contributed by atoms with Crippen LogP contribution in [0.5, 0.6) is 0 Å². The lowest BCUT2D eigenvalue weighted by Crippen LogP contribution is -2.36. The van der Waals surface area contributed by atoms with E-state index in [-0.39, 0.29) is 11.9 Å². The van der Waals surface area contributed by atoms with E-state index in [9.17, 15) is 4.79 Å². The summed E-state index contributed by atoms with van der Waals surface area (Å²) in [5.74, 6) is 1.58. The number of benzene rings is 1. The maximum Gasteiger partial charge on any atom is 0.254 e. The van der Waals surface area contributed by atoms with Gasteiger partial charge in [0, 0.05) is 16.1 Å². The van der Waals surface area contributed by atoms with E-state index < -0.39 is 0 Å². The van der Waals surface area contributed by atoms with Gasteiger partial charge in [-0.2, -0.15) is 0 Å². The molecule has 0 radical (unpaired) electrons. The highest BCUT2D eigenvalue weighted by molar-refractivity contribution is 9.10. The van der Waals surface area contributed by atoms with Crippen molar-refractivity contribution in [1.29, 1.82) is 0 Å². The van der Waals surface area contributed by atoms with Crippen molar-refractivity contribution in [3.05, 3.63) is 56.9 Å². The molecule has 0 saturated heterocycles. The van der Waals surface area contributed by atoms with Crippen LogP contribution in [0.1, 0.15) is 35.7 Å². The van der Waals surface area contributed by atoms with Gasteiger partial charge in [0.25, 0.3) is 5.91 Å². The third-order valence-electron chi connectivity index (χ3n) is 3.17. The van der Waals surface area contributed by atoms with Gasteiger partial charge in [-0.3, -0.25) is 4.79 Å². The Balaban J connectivity index is 2.24. The highest BCUT2D eigenvalue weighted by Crippen LogP contribution is 2.24. The fraction of sp³-hybridized carbons (Fsp3) is 0.312. The van der Waals surface area contributed by atoms with Crippen LogP contribution < -0.4 is 0 Å². The molecule has 1 aromatic heterocycles. The van der Waals surface area contributed by atoms with Crippen LogP contribution in [0.15, 0.2) is 39.2 Å². The molecule has 0 atom stereocenters. The van der Waals surface area contributed by atoms with Crippen LogP contribution in [0, 0.1) is 6.92 Å². The van der Waals surface area contributed by atoms with Crippen molar-refractivity contribution in [3.63, 3.8) is 0 Å². The highest BCUT2D eigenvalue weighted by Gasteiger charge is 2.21. The lowest BCUT2D eigenvalue weighted by atomic mass is 10.1. The lowest BCUT2D eigenvalue weighted by molar-refractivity contribution is 0.0675. The summed E-state index contributed by atoms with van der Waals surface area (Å²) in [5.41, 5.74) is 0.600. The lowest BCUT2D eigenvalue weighted by Gasteiger charge is -2.26. The number of carbonyl (C=O) groups excluding carboxylic acids is 1. The van der Waals surface area contributed by atoms with Crippen molar-refractivity contribution >= 4 is 33.4 Å². The van der Waals surface area contributed by atoms with Gasteiger partial charge in [0.15, 0.2) is 0 Å². The zero-order valence-electron chi connectivity index (χ0n) is 12.2. The zero-order chi connectivity index (χ0) is 15.6. The van der Waals surface area contributed by atoms with Crippen LogP contribution in [0.3, 0.4) is 0 Å². The van der Waals surface area contributed by atoms with E-state index >= 15 is 0 Å². The first-order valence-corrected chi connectivity index (χ1v) is 7.87. The largest absolute Gasteiger partial charge is 0.464 e. The Morgan fingerprint density at radius 2 is 2.05 bits per heavy atom. The quantitative estimate of drug-likeness (QED) is 0.754.